The number of halogens is 1. The lowest BCUT2D eigenvalue weighted by Gasteiger charge is -2.04. The molecule has 3 nitrogen and oxygen atoms in total. The van der Waals surface area contributed by atoms with Crippen molar-refractivity contribution in [1.82, 2.24) is 14.8 Å². The van der Waals surface area contributed by atoms with Gasteiger partial charge in [0.05, 0.1) is 5.69 Å². The van der Waals surface area contributed by atoms with Gasteiger partial charge in [-0.1, -0.05) is 46.3 Å². The van der Waals surface area contributed by atoms with E-state index in [4.69, 9.17) is 10.1 Å². The summed E-state index contributed by atoms with van der Waals surface area (Å²) in [5, 5.41) is 5.95. The second-order valence-corrected chi connectivity index (χ2v) is 6.78. The van der Waals surface area contributed by atoms with Crippen LogP contribution in [0.25, 0.3) is 28.0 Å². The topological polar surface area (TPSA) is 30.7 Å². The normalized spacial score (nSPS) is 11.1. The van der Waals surface area contributed by atoms with Gasteiger partial charge in [0, 0.05) is 21.1 Å². The number of fused-ring (bicyclic) bond motifs is 1. The molecule has 4 heteroatoms. The van der Waals surface area contributed by atoms with Gasteiger partial charge in [-0.15, -0.1) is 0 Å². The molecule has 0 aliphatic rings. The lowest BCUT2D eigenvalue weighted by molar-refractivity contribution is 0.897. The van der Waals surface area contributed by atoms with E-state index in [-0.39, 0.29) is 0 Å². The molecule has 2 heterocycles. The number of pyridine rings is 1. The van der Waals surface area contributed by atoms with Crippen molar-refractivity contribution in [3.05, 3.63) is 76.4 Å². The average molecular weight is 378 g/mol. The number of aryl methyl sites for hydroxylation is 2. The van der Waals surface area contributed by atoms with Gasteiger partial charge in [0.2, 0.25) is 0 Å². The molecule has 0 radical (unpaired) electrons. The molecule has 0 unspecified atom stereocenters. The van der Waals surface area contributed by atoms with E-state index < -0.39 is 0 Å². The highest BCUT2D eigenvalue weighted by atomic mass is 79.9. The molecule has 0 aliphatic heterocycles. The van der Waals surface area contributed by atoms with Crippen LogP contribution in [-0.4, -0.2) is 14.8 Å². The quantitative estimate of drug-likeness (QED) is 0.463. The van der Waals surface area contributed by atoms with Crippen LogP contribution in [0.3, 0.4) is 0 Å². The molecule has 0 amide bonds. The predicted octanol–water partition coefficient (Wildman–Crippen LogP) is 5.47. The highest BCUT2D eigenvalue weighted by Gasteiger charge is 2.16. The lowest BCUT2D eigenvalue weighted by Crippen LogP contribution is -1.98. The van der Waals surface area contributed by atoms with Crippen molar-refractivity contribution in [2.75, 3.05) is 0 Å². The standard InChI is InChI=1S/C20H16BrN3/c1-13-12-18-19(15-8-10-16(21)11-9-15)23-24(20(18)22-14(13)2)17-6-4-3-5-7-17/h3-12H,1-2H3. The fourth-order valence-electron chi connectivity index (χ4n) is 2.80. The molecule has 0 N–H and O–H groups in total. The summed E-state index contributed by atoms with van der Waals surface area (Å²) in [6, 6.07) is 20.6. The summed E-state index contributed by atoms with van der Waals surface area (Å²) >= 11 is 3.49. The Balaban J connectivity index is 2.04. The smallest absolute Gasteiger partial charge is 0.163 e. The monoisotopic (exact) mass is 377 g/mol. The third kappa shape index (κ3) is 2.53. The van der Waals surface area contributed by atoms with Crippen molar-refractivity contribution in [1.29, 1.82) is 0 Å². The summed E-state index contributed by atoms with van der Waals surface area (Å²) in [5.41, 5.74) is 6.15. The van der Waals surface area contributed by atoms with Crippen LogP contribution in [0.4, 0.5) is 0 Å². The largest absolute Gasteiger partial charge is 0.233 e. The zero-order valence-electron chi connectivity index (χ0n) is 13.5. The summed E-state index contributed by atoms with van der Waals surface area (Å²) in [4.78, 5) is 4.81. The first-order chi connectivity index (χ1) is 11.6. The van der Waals surface area contributed by atoms with Crippen LogP contribution >= 0.6 is 15.9 Å². The molecule has 0 saturated heterocycles. The molecule has 0 aliphatic carbocycles. The number of nitrogens with zero attached hydrogens (tertiary/aromatic N) is 3. The molecular formula is C20H16BrN3. The highest BCUT2D eigenvalue weighted by Crippen LogP contribution is 2.30. The number of aromatic nitrogens is 3. The minimum absolute atomic E-state index is 0.891. The molecule has 4 aromatic rings. The Morgan fingerprint density at radius 1 is 0.917 bits per heavy atom. The van der Waals surface area contributed by atoms with Gasteiger partial charge in [-0.3, -0.25) is 0 Å². The van der Waals surface area contributed by atoms with Crippen LogP contribution in [0, 0.1) is 13.8 Å². The van der Waals surface area contributed by atoms with E-state index >= 15 is 0 Å². The second kappa shape index (κ2) is 5.87. The van der Waals surface area contributed by atoms with E-state index in [9.17, 15) is 0 Å². The van der Waals surface area contributed by atoms with E-state index in [1.807, 2.05) is 41.9 Å². The fraction of sp³-hybridized carbons (Fsp3) is 0.100. The van der Waals surface area contributed by atoms with Gasteiger partial charge in [-0.2, -0.15) is 5.10 Å². The summed E-state index contributed by atoms with van der Waals surface area (Å²) in [6.07, 6.45) is 0. The Bertz CT molecular complexity index is 1020. The van der Waals surface area contributed by atoms with Gasteiger partial charge < -0.3 is 0 Å². The summed E-state index contributed by atoms with van der Waals surface area (Å²) in [6.45, 7) is 4.13. The molecule has 0 spiro atoms. The van der Waals surface area contributed by atoms with E-state index in [2.05, 4.69) is 53.2 Å². The maximum atomic E-state index is 4.88. The second-order valence-electron chi connectivity index (χ2n) is 5.86. The zero-order chi connectivity index (χ0) is 16.7. The minimum Gasteiger partial charge on any atom is -0.233 e. The van der Waals surface area contributed by atoms with Crippen molar-refractivity contribution in [3.63, 3.8) is 0 Å². The van der Waals surface area contributed by atoms with Crippen LogP contribution in [0.5, 0.6) is 0 Å². The molecule has 24 heavy (non-hydrogen) atoms. The first-order valence-corrected chi connectivity index (χ1v) is 8.61. The molecule has 4 rings (SSSR count). The summed E-state index contributed by atoms with van der Waals surface area (Å²) < 4.78 is 2.99. The minimum atomic E-state index is 0.891. The number of hydrogen-bond donors (Lipinski definition) is 0. The third-order valence-electron chi connectivity index (χ3n) is 4.22. The van der Waals surface area contributed by atoms with Gasteiger partial charge >= 0.3 is 0 Å². The van der Waals surface area contributed by atoms with Crippen LogP contribution in [0.1, 0.15) is 11.3 Å². The maximum absolute atomic E-state index is 4.88. The molecular weight excluding hydrogens is 362 g/mol. The van der Waals surface area contributed by atoms with Crippen LogP contribution < -0.4 is 0 Å². The molecule has 2 aromatic heterocycles. The first-order valence-electron chi connectivity index (χ1n) is 7.82. The van der Waals surface area contributed by atoms with Gasteiger partial charge in [0.1, 0.15) is 5.69 Å². The third-order valence-corrected chi connectivity index (χ3v) is 4.75. The van der Waals surface area contributed by atoms with E-state index in [0.29, 0.717) is 0 Å². The highest BCUT2D eigenvalue weighted by molar-refractivity contribution is 9.10. The number of para-hydroxylation sites is 1. The van der Waals surface area contributed by atoms with Crippen molar-refractivity contribution in [2.24, 2.45) is 0 Å². The predicted molar refractivity (Wildman–Crippen MR) is 101 cm³/mol. The van der Waals surface area contributed by atoms with Crippen molar-refractivity contribution >= 4 is 27.0 Å². The molecule has 0 bridgehead atoms. The SMILES string of the molecule is Cc1cc2c(-c3ccc(Br)cc3)nn(-c3ccccc3)c2nc1C. The Kier molecular flexibility index (Phi) is 3.69. The molecule has 0 atom stereocenters. The average Bonchev–Trinajstić information content (AvgIpc) is 2.95. The molecule has 118 valence electrons. The van der Waals surface area contributed by atoms with Crippen molar-refractivity contribution < 1.29 is 0 Å². The van der Waals surface area contributed by atoms with E-state index in [1.54, 1.807) is 0 Å². The Morgan fingerprint density at radius 3 is 2.33 bits per heavy atom. The van der Waals surface area contributed by atoms with Crippen LogP contribution in [0.2, 0.25) is 0 Å². The Morgan fingerprint density at radius 2 is 1.62 bits per heavy atom. The van der Waals surface area contributed by atoms with Crippen LogP contribution in [-0.2, 0) is 0 Å². The number of rotatable bonds is 2. The van der Waals surface area contributed by atoms with Gasteiger partial charge in [-0.05, 0) is 49.7 Å². The summed E-state index contributed by atoms with van der Waals surface area (Å²) in [7, 11) is 0. The fourth-order valence-corrected chi connectivity index (χ4v) is 3.06. The molecule has 0 fully saturated rings. The number of hydrogen-bond acceptors (Lipinski definition) is 2. The van der Waals surface area contributed by atoms with Gasteiger partial charge in [-0.25, -0.2) is 9.67 Å². The van der Waals surface area contributed by atoms with Crippen molar-refractivity contribution in [2.45, 2.75) is 13.8 Å². The first kappa shape index (κ1) is 15.1. The molecule has 0 saturated carbocycles. The van der Waals surface area contributed by atoms with Crippen LogP contribution in [0.15, 0.2) is 65.1 Å². The van der Waals surface area contributed by atoms with E-state index in [1.165, 1.54) is 5.56 Å². The molecule has 2 aromatic carbocycles. The van der Waals surface area contributed by atoms with Gasteiger partial charge in [0.15, 0.2) is 5.65 Å². The Hall–Kier alpha value is -2.46. The Labute approximate surface area is 149 Å². The number of benzene rings is 2. The summed E-state index contributed by atoms with van der Waals surface area (Å²) in [5.74, 6) is 0. The zero-order valence-corrected chi connectivity index (χ0v) is 15.1. The van der Waals surface area contributed by atoms with E-state index in [0.717, 1.165) is 38.1 Å². The van der Waals surface area contributed by atoms with Gasteiger partial charge in [0.25, 0.3) is 0 Å². The van der Waals surface area contributed by atoms with Crippen molar-refractivity contribution in [3.8, 4) is 16.9 Å². The lowest BCUT2D eigenvalue weighted by atomic mass is 10.1. The maximum Gasteiger partial charge on any atom is 0.163 e.